The molecule has 2 saturated carbocycles. The molecule has 2 aliphatic carbocycles. The zero-order valence-electron chi connectivity index (χ0n) is 15.3. The van der Waals surface area contributed by atoms with Crippen molar-refractivity contribution in [3.05, 3.63) is 35.9 Å². The molecule has 1 unspecified atom stereocenters. The van der Waals surface area contributed by atoms with Gasteiger partial charge in [-0.1, -0.05) is 62.4 Å². The normalized spacial score (nSPS) is 25.9. The minimum atomic E-state index is -0.446. The lowest BCUT2D eigenvalue weighted by Gasteiger charge is -2.40. The van der Waals surface area contributed by atoms with Crippen LogP contribution in [0.2, 0.25) is 0 Å². The molecule has 0 aliphatic heterocycles. The van der Waals surface area contributed by atoms with Crippen molar-refractivity contribution >= 4 is 12.7 Å². The first kappa shape index (κ1) is 18.2. The van der Waals surface area contributed by atoms with Gasteiger partial charge in [-0.3, -0.25) is 4.79 Å². The van der Waals surface area contributed by atoms with Crippen LogP contribution in [0.4, 0.5) is 0 Å². The molecule has 136 valence electrons. The van der Waals surface area contributed by atoms with Crippen LogP contribution < -0.4 is 0 Å². The molecule has 25 heavy (non-hydrogen) atoms. The van der Waals surface area contributed by atoms with Crippen LogP contribution in [0.1, 0.15) is 69.8 Å². The molecule has 0 aromatic heterocycles. The Kier molecular flexibility index (Phi) is 6.28. The lowest BCUT2D eigenvalue weighted by atomic mass is 9.71. The SMILES string of the molecule is C=NCCC1CC[C@@H]1OC(=O)C1(c2ccccc2)CCCCCCC1. The van der Waals surface area contributed by atoms with Gasteiger partial charge in [0.05, 0.1) is 5.41 Å². The third kappa shape index (κ3) is 4.13. The van der Waals surface area contributed by atoms with E-state index in [0.717, 1.165) is 57.1 Å². The van der Waals surface area contributed by atoms with Gasteiger partial charge in [0.25, 0.3) is 0 Å². The molecule has 1 aromatic carbocycles. The van der Waals surface area contributed by atoms with Crippen molar-refractivity contribution in [3.63, 3.8) is 0 Å². The van der Waals surface area contributed by atoms with E-state index in [-0.39, 0.29) is 12.1 Å². The maximum absolute atomic E-state index is 13.4. The van der Waals surface area contributed by atoms with Gasteiger partial charge in [0, 0.05) is 6.54 Å². The highest BCUT2D eigenvalue weighted by Gasteiger charge is 2.44. The van der Waals surface area contributed by atoms with Crippen LogP contribution in [0.25, 0.3) is 0 Å². The van der Waals surface area contributed by atoms with Crippen LogP contribution in [0, 0.1) is 5.92 Å². The number of benzene rings is 1. The topological polar surface area (TPSA) is 38.7 Å². The molecule has 3 rings (SSSR count). The fourth-order valence-corrected chi connectivity index (χ4v) is 4.41. The highest BCUT2D eigenvalue weighted by atomic mass is 16.5. The van der Waals surface area contributed by atoms with Gasteiger partial charge in [0.1, 0.15) is 6.10 Å². The predicted molar refractivity (Wildman–Crippen MR) is 102 cm³/mol. The molecule has 0 heterocycles. The Bertz CT molecular complexity index is 561. The quantitative estimate of drug-likeness (QED) is 0.534. The van der Waals surface area contributed by atoms with Crippen LogP contribution in [0.15, 0.2) is 35.3 Å². The smallest absolute Gasteiger partial charge is 0.316 e. The molecule has 3 heteroatoms. The van der Waals surface area contributed by atoms with Crippen molar-refractivity contribution in [2.75, 3.05) is 6.54 Å². The van der Waals surface area contributed by atoms with Crippen LogP contribution in [0.3, 0.4) is 0 Å². The Labute approximate surface area is 151 Å². The number of hydrogen-bond donors (Lipinski definition) is 0. The van der Waals surface area contributed by atoms with E-state index in [1.165, 1.54) is 19.3 Å². The summed E-state index contributed by atoms with van der Waals surface area (Å²) in [5, 5.41) is 0. The van der Waals surface area contributed by atoms with Crippen molar-refractivity contribution in [2.24, 2.45) is 10.9 Å². The first-order valence-corrected chi connectivity index (χ1v) is 9.95. The van der Waals surface area contributed by atoms with E-state index in [1.54, 1.807) is 0 Å². The highest BCUT2D eigenvalue weighted by Crippen LogP contribution is 2.41. The fourth-order valence-electron chi connectivity index (χ4n) is 4.41. The third-order valence-electron chi connectivity index (χ3n) is 6.19. The molecule has 2 fully saturated rings. The van der Waals surface area contributed by atoms with Crippen molar-refractivity contribution in [1.82, 2.24) is 0 Å². The molecule has 0 bridgehead atoms. The molecule has 3 nitrogen and oxygen atoms in total. The summed E-state index contributed by atoms with van der Waals surface area (Å²) in [4.78, 5) is 17.3. The maximum atomic E-state index is 13.4. The van der Waals surface area contributed by atoms with Gasteiger partial charge in [0.15, 0.2) is 0 Å². The van der Waals surface area contributed by atoms with Crippen LogP contribution in [-0.4, -0.2) is 25.3 Å². The highest BCUT2D eigenvalue weighted by molar-refractivity contribution is 5.83. The van der Waals surface area contributed by atoms with E-state index in [9.17, 15) is 4.79 Å². The van der Waals surface area contributed by atoms with E-state index in [4.69, 9.17) is 4.74 Å². The average molecular weight is 341 g/mol. The van der Waals surface area contributed by atoms with Gasteiger partial charge in [-0.25, -0.2) is 0 Å². The zero-order valence-corrected chi connectivity index (χ0v) is 15.3. The fraction of sp³-hybridized carbons (Fsp3) is 0.636. The monoisotopic (exact) mass is 341 g/mol. The summed E-state index contributed by atoms with van der Waals surface area (Å²) in [6, 6.07) is 10.3. The molecule has 0 N–H and O–H groups in total. The van der Waals surface area contributed by atoms with Crippen molar-refractivity contribution in [2.45, 2.75) is 75.7 Å². The molecule has 0 amide bonds. The Morgan fingerprint density at radius 3 is 2.36 bits per heavy atom. The number of aliphatic imine (C=N–C) groups is 1. The Morgan fingerprint density at radius 1 is 1.08 bits per heavy atom. The van der Waals surface area contributed by atoms with Gasteiger partial charge in [-0.05, 0) is 50.3 Å². The molecular weight excluding hydrogens is 310 g/mol. The summed E-state index contributed by atoms with van der Waals surface area (Å²) < 4.78 is 6.09. The second-order valence-electron chi connectivity index (χ2n) is 7.73. The minimum Gasteiger partial charge on any atom is -0.461 e. The number of esters is 1. The van der Waals surface area contributed by atoms with Crippen molar-refractivity contribution in [3.8, 4) is 0 Å². The number of rotatable bonds is 6. The van der Waals surface area contributed by atoms with Crippen LogP contribution in [0.5, 0.6) is 0 Å². The van der Waals surface area contributed by atoms with Crippen LogP contribution >= 0.6 is 0 Å². The molecule has 2 atom stereocenters. The Morgan fingerprint density at radius 2 is 1.76 bits per heavy atom. The molecule has 0 spiro atoms. The summed E-state index contributed by atoms with van der Waals surface area (Å²) in [6.07, 6.45) is 11.0. The lowest BCUT2D eigenvalue weighted by molar-refractivity contribution is -0.166. The van der Waals surface area contributed by atoms with Crippen LogP contribution in [-0.2, 0) is 14.9 Å². The van der Waals surface area contributed by atoms with Gasteiger partial charge < -0.3 is 9.73 Å². The summed E-state index contributed by atoms with van der Waals surface area (Å²) in [5.41, 5.74) is 0.698. The van der Waals surface area contributed by atoms with E-state index in [2.05, 4.69) is 23.8 Å². The first-order chi connectivity index (χ1) is 12.3. The van der Waals surface area contributed by atoms with Gasteiger partial charge in [0.2, 0.25) is 0 Å². The van der Waals surface area contributed by atoms with Crippen molar-refractivity contribution in [1.29, 1.82) is 0 Å². The van der Waals surface area contributed by atoms with Gasteiger partial charge in [-0.2, -0.15) is 0 Å². The molecular formula is C22H31NO2. The zero-order chi connectivity index (χ0) is 17.5. The summed E-state index contributed by atoms with van der Waals surface area (Å²) in [6.45, 7) is 4.33. The number of ether oxygens (including phenoxy) is 1. The van der Waals surface area contributed by atoms with E-state index in [0.29, 0.717) is 5.92 Å². The number of hydrogen-bond acceptors (Lipinski definition) is 3. The van der Waals surface area contributed by atoms with Gasteiger partial charge >= 0.3 is 5.97 Å². The molecule has 2 aliphatic rings. The summed E-state index contributed by atoms with van der Waals surface area (Å²) >= 11 is 0. The maximum Gasteiger partial charge on any atom is 0.316 e. The summed E-state index contributed by atoms with van der Waals surface area (Å²) in [7, 11) is 0. The standard InChI is InChI=1S/C22H31NO2/c1-23-17-14-18-12-13-20(18)25-21(24)22(19-10-6-5-7-11-19)15-8-3-2-4-9-16-22/h5-7,10-11,18,20H,1-4,8-9,12-17H2/t18?,20-/m0/s1. The van der Waals surface area contributed by atoms with E-state index < -0.39 is 5.41 Å². The Balaban J connectivity index is 1.76. The molecule has 0 saturated heterocycles. The average Bonchev–Trinajstić information content (AvgIpc) is 2.60. The predicted octanol–water partition coefficient (Wildman–Crippen LogP) is 5.08. The summed E-state index contributed by atoms with van der Waals surface area (Å²) in [5.74, 6) is 0.484. The second kappa shape index (κ2) is 8.64. The molecule has 0 radical (unpaired) electrons. The third-order valence-corrected chi connectivity index (χ3v) is 6.19. The Hall–Kier alpha value is -1.64. The molecule has 1 aromatic rings. The largest absolute Gasteiger partial charge is 0.461 e. The number of nitrogens with zero attached hydrogens (tertiary/aromatic N) is 1. The minimum absolute atomic E-state index is 0.0156. The number of carbonyl (C=O) groups excluding carboxylic acids is 1. The van der Waals surface area contributed by atoms with Crippen molar-refractivity contribution < 1.29 is 9.53 Å². The van der Waals surface area contributed by atoms with E-state index in [1.807, 2.05) is 18.2 Å². The number of carbonyl (C=O) groups is 1. The lowest BCUT2D eigenvalue weighted by Crippen LogP contribution is -2.44. The second-order valence-corrected chi connectivity index (χ2v) is 7.73. The first-order valence-electron chi connectivity index (χ1n) is 9.95. The van der Waals surface area contributed by atoms with Gasteiger partial charge in [-0.15, -0.1) is 0 Å². The van der Waals surface area contributed by atoms with E-state index >= 15 is 0 Å².